The first-order valence-corrected chi connectivity index (χ1v) is 12.7. The zero-order valence-corrected chi connectivity index (χ0v) is 21.7. The van der Waals surface area contributed by atoms with E-state index in [2.05, 4.69) is 0 Å². The van der Waals surface area contributed by atoms with Gasteiger partial charge in [-0.3, -0.25) is 25.2 Å². The van der Waals surface area contributed by atoms with Gasteiger partial charge in [0.25, 0.3) is 5.69 Å². The van der Waals surface area contributed by atoms with Gasteiger partial charge in [-0.05, 0) is 49.9 Å². The maximum Gasteiger partial charge on any atom is 0.269 e. The fourth-order valence-electron chi connectivity index (χ4n) is 5.22. The van der Waals surface area contributed by atoms with Gasteiger partial charge < -0.3 is 5.11 Å². The molecular formula is C30H26ClN3O4. The van der Waals surface area contributed by atoms with Crippen LogP contribution in [0.3, 0.4) is 0 Å². The first-order valence-electron chi connectivity index (χ1n) is 12.3. The number of nitro benzene ring substituents is 1. The molecule has 1 unspecified atom stereocenters. The Morgan fingerprint density at radius 2 is 1.82 bits per heavy atom. The van der Waals surface area contributed by atoms with Gasteiger partial charge in [-0.1, -0.05) is 59.6 Å². The summed E-state index contributed by atoms with van der Waals surface area (Å²) < 4.78 is 0. The van der Waals surface area contributed by atoms with Gasteiger partial charge in [0, 0.05) is 57.6 Å². The summed E-state index contributed by atoms with van der Waals surface area (Å²) in [6.07, 6.45) is 1.48. The number of aryl methyl sites for hydroxylation is 2. The summed E-state index contributed by atoms with van der Waals surface area (Å²) in [7, 11) is 0. The molecule has 2 aliphatic rings. The molecule has 1 heterocycles. The molecule has 7 nitrogen and oxygen atoms in total. The minimum atomic E-state index is -0.844. The molecule has 8 heteroatoms. The van der Waals surface area contributed by atoms with Crippen LogP contribution in [0.25, 0.3) is 5.76 Å². The zero-order valence-electron chi connectivity index (χ0n) is 21.0. The molecule has 0 saturated carbocycles. The number of rotatable bonds is 4. The minimum Gasteiger partial charge on any atom is -0.507 e. The quantitative estimate of drug-likeness (QED) is 0.208. The molecule has 192 valence electrons. The van der Waals surface area contributed by atoms with Gasteiger partial charge in [0.15, 0.2) is 5.78 Å². The predicted octanol–water partition coefficient (Wildman–Crippen LogP) is 7.42. The van der Waals surface area contributed by atoms with Crippen molar-refractivity contribution in [3.63, 3.8) is 0 Å². The van der Waals surface area contributed by atoms with E-state index in [0.717, 1.165) is 11.1 Å². The maximum absolute atomic E-state index is 13.6. The van der Waals surface area contributed by atoms with Crippen molar-refractivity contribution in [1.82, 2.24) is 0 Å². The lowest BCUT2D eigenvalue weighted by atomic mass is 9.73. The summed E-state index contributed by atoms with van der Waals surface area (Å²) in [5.41, 5.74) is 4.63. The number of carbonyl (C=O) groups excluding carboxylic acids is 1. The number of Topliss-reactive ketones (excluding diaryl/α,β-unsaturated/α-hetero) is 1. The van der Waals surface area contributed by atoms with E-state index in [9.17, 15) is 25.4 Å². The van der Waals surface area contributed by atoms with Crippen molar-refractivity contribution in [2.75, 3.05) is 4.90 Å². The lowest BCUT2D eigenvalue weighted by Crippen LogP contribution is -2.42. The minimum absolute atomic E-state index is 0.00653. The molecule has 0 spiro atoms. The lowest BCUT2D eigenvalue weighted by molar-refractivity contribution is -0.384. The Hall–Kier alpha value is -4.23. The number of non-ortho nitro benzene ring substituents is 1. The van der Waals surface area contributed by atoms with E-state index < -0.39 is 10.8 Å². The van der Waals surface area contributed by atoms with Crippen LogP contribution in [0.1, 0.15) is 47.4 Å². The van der Waals surface area contributed by atoms with Gasteiger partial charge in [0.05, 0.1) is 4.92 Å². The molecule has 1 aliphatic heterocycles. The summed E-state index contributed by atoms with van der Waals surface area (Å²) in [5, 5.41) is 33.2. The molecule has 38 heavy (non-hydrogen) atoms. The second-order valence-electron chi connectivity index (χ2n) is 9.67. The van der Waals surface area contributed by atoms with E-state index in [4.69, 9.17) is 11.6 Å². The first-order chi connectivity index (χ1) is 18.2. The maximum atomic E-state index is 13.6. The van der Waals surface area contributed by atoms with Gasteiger partial charge in [0.2, 0.25) is 0 Å². The summed E-state index contributed by atoms with van der Waals surface area (Å²) in [4.78, 5) is 26.4. The van der Waals surface area contributed by atoms with Crippen LogP contribution in [0.15, 0.2) is 83.6 Å². The number of aliphatic hydroxyl groups excluding tert-OH is 1. The van der Waals surface area contributed by atoms with Crippen LogP contribution in [0.4, 0.5) is 11.4 Å². The molecule has 0 aromatic heterocycles. The standard InChI is InChI=1S/C30H26ClN3O4/c1-17-9-12-19(13-10-17)29(36)28-26(20-5-3-6-22(15-20)34(37)38)27-24(7-4-8-25(27)35)33(30(28)32)21-14-11-18(2)23(31)16-21/h3,5-6,9-16,26,32,36H,4,7-8H2,1-2H3/b29-28+,32-30?. The summed E-state index contributed by atoms with van der Waals surface area (Å²) in [6.45, 7) is 3.82. The van der Waals surface area contributed by atoms with E-state index in [1.165, 1.54) is 12.1 Å². The molecule has 5 rings (SSSR count). The van der Waals surface area contributed by atoms with Gasteiger partial charge in [-0.25, -0.2) is 0 Å². The molecule has 1 atom stereocenters. The number of ketones is 1. The normalized spacial score (nSPS) is 18.9. The van der Waals surface area contributed by atoms with E-state index in [1.54, 1.807) is 35.2 Å². The second-order valence-corrected chi connectivity index (χ2v) is 10.1. The Kier molecular flexibility index (Phi) is 6.63. The fourth-order valence-corrected chi connectivity index (χ4v) is 5.39. The van der Waals surface area contributed by atoms with Crippen LogP contribution < -0.4 is 4.90 Å². The highest BCUT2D eigenvalue weighted by molar-refractivity contribution is 6.32. The third-order valence-electron chi connectivity index (χ3n) is 7.16. The Balaban J connectivity index is 1.84. The third kappa shape index (κ3) is 4.39. The average molecular weight is 528 g/mol. The van der Waals surface area contributed by atoms with Crippen molar-refractivity contribution in [2.45, 2.75) is 39.0 Å². The number of nitro groups is 1. The van der Waals surface area contributed by atoms with Crippen molar-refractivity contribution in [3.05, 3.63) is 121 Å². The average Bonchev–Trinajstić information content (AvgIpc) is 2.90. The topological polar surface area (TPSA) is 108 Å². The van der Waals surface area contributed by atoms with Gasteiger partial charge in [-0.15, -0.1) is 0 Å². The smallest absolute Gasteiger partial charge is 0.269 e. The molecule has 3 aromatic carbocycles. The van der Waals surface area contributed by atoms with Crippen LogP contribution in [-0.4, -0.2) is 21.6 Å². The number of hydrogen-bond acceptors (Lipinski definition) is 5. The van der Waals surface area contributed by atoms with Crippen LogP contribution in [-0.2, 0) is 4.79 Å². The van der Waals surface area contributed by atoms with Crippen molar-refractivity contribution in [3.8, 4) is 0 Å². The third-order valence-corrected chi connectivity index (χ3v) is 7.57. The number of allylic oxidation sites excluding steroid dienone is 2. The van der Waals surface area contributed by atoms with Gasteiger partial charge in [-0.2, -0.15) is 0 Å². The number of nitrogens with zero attached hydrogens (tertiary/aromatic N) is 2. The second kappa shape index (κ2) is 9.91. The van der Waals surface area contributed by atoms with E-state index >= 15 is 0 Å². The molecule has 0 fully saturated rings. The number of hydrogen-bond donors (Lipinski definition) is 2. The number of aliphatic hydroxyl groups is 1. The zero-order chi connectivity index (χ0) is 27.1. The van der Waals surface area contributed by atoms with Crippen molar-refractivity contribution in [1.29, 1.82) is 5.41 Å². The van der Waals surface area contributed by atoms with E-state index in [-0.39, 0.29) is 28.6 Å². The molecule has 0 bridgehead atoms. The molecule has 0 amide bonds. The van der Waals surface area contributed by atoms with Gasteiger partial charge >= 0.3 is 0 Å². The molecule has 1 aliphatic carbocycles. The summed E-state index contributed by atoms with van der Waals surface area (Å²) in [5.74, 6) is -1.11. The highest BCUT2D eigenvalue weighted by atomic mass is 35.5. The van der Waals surface area contributed by atoms with E-state index in [0.29, 0.717) is 52.4 Å². The van der Waals surface area contributed by atoms with Crippen molar-refractivity contribution in [2.24, 2.45) is 0 Å². The number of anilines is 1. The number of nitrogens with one attached hydrogen (secondary N) is 1. The molecular weight excluding hydrogens is 502 g/mol. The highest BCUT2D eigenvalue weighted by Crippen LogP contribution is 2.48. The van der Waals surface area contributed by atoms with Crippen molar-refractivity contribution >= 4 is 40.4 Å². The number of halogens is 1. The Bertz CT molecular complexity index is 1560. The van der Waals surface area contributed by atoms with Crippen LogP contribution >= 0.6 is 11.6 Å². The molecule has 0 saturated heterocycles. The Labute approximate surface area is 225 Å². The monoisotopic (exact) mass is 527 g/mol. The van der Waals surface area contributed by atoms with Crippen molar-refractivity contribution < 1.29 is 14.8 Å². The fraction of sp³-hybridized carbons (Fsp3) is 0.200. The van der Waals surface area contributed by atoms with Gasteiger partial charge in [0.1, 0.15) is 11.6 Å². The predicted molar refractivity (Wildman–Crippen MR) is 149 cm³/mol. The highest BCUT2D eigenvalue weighted by Gasteiger charge is 2.43. The molecule has 3 aromatic rings. The molecule has 2 N–H and O–H groups in total. The number of carbonyl (C=O) groups is 1. The van der Waals surface area contributed by atoms with Crippen LogP contribution in [0.5, 0.6) is 0 Å². The number of benzene rings is 3. The first kappa shape index (κ1) is 25.4. The van der Waals surface area contributed by atoms with Crippen LogP contribution in [0.2, 0.25) is 5.02 Å². The molecule has 0 radical (unpaired) electrons. The lowest BCUT2D eigenvalue weighted by Gasteiger charge is -2.41. The Morgan fingerprint density at radius 3 is 2.50 bits per heavy atom. The van der Waals surface area contributed by atoms with E-state index in [1.807, 2.05) is 38.1 Å². The Morgan fingerprint density at radius 1 is 1.08 bits per heavy atom. The summed E-state index contributed by atoms with van der Waals surface area (Å²) in [6, 6.07) is 18.8. The largest absolute Gasteiger partial charge is 0.507 e. The number of amidine groups is 1. The summed E-state index contributed by atoms with van der Waals surface area (Å²) >= 11 is 6.46. The SMILES string of the molecule is Cc1ccc(/C(O)=C2\C(=N)N(c3ccc(C)c(Cl)c3)C3=C(C(=O)CCC3)C2c2cccc([N+](=O)[O-])c2)cc1. The van der Waals surface area contributed by atoms with Crippen LogP contribution in [0, 0.1) is 29.4 Å².